The molecular formula is C14H12ClNO. The van der Waals surface area contributed by atoms with E-state index in [1.165, 1.54) is 0 Å². The maximum absolute atomic E-state index is 12.2. The molecule has 0 amide bonds. The lowest BCUT2D eigenvalue weighted by Crippen LogP contribution is -2.03. The van der Waals surface area contributed by atoms with E-state index in [1.807, 2.05) is 19.1 Å². The number of hydrogen-bond acceptors (Lipinski definition) is 2. The summed E-state index contributed by atoms with van der Waals surface area (Å²) >= 11 is 6.00. The largest absolute Gasteiger partial charge is 0.399 e. The number of anilines is 1. The molecule has 3 heteroatoms. The second kappa shape index (κ2) is 4.60. The average Bonchev–Trinajstić information content (AvgIpc) is 2.32. The van der Waals surface area contributed by atoms with Gasteiger partial charge in [-0.2, -0.15) is 0 Å². The zero-order chi connectivity index (χ0) is 12.4. The minimum absolute atomic E-state index is 0.109. The van der Waals surface area contributed by atoms with E-state index in [9.17, 15) is 4.79 Å². The van der Waals surface area contributed by atoms with Gasteiger partial charge >= 0.3 is 0 Å². The van der Waals surface area contributed by atoms with Crippen LogP contribution < -0.4 is 5.73 Å². The maximum atomic E-state index is 12.2. The highest BCUT2D eigenvalue weighted by atomic mass is 35.5. The Hall–Kier alpha value is -1.80. The molecule has 2 nitrogen and oxygen atoms in total. The Labute approximate surface area is 105 Å². The Balaban J connectivity index is 2.43. The molecule has 0 radical (unpaired) electrons. The predicted octanol–water partition coefficient (Wildman–Crippen LogP) is 3.46. The molecule has 0 aliphatic heterocycles. The van der Waals surface area contributed by atoms with Crippen LogP contribution in [-0.4, -0.2) is 5.78 Å². The van der Waals surface area contributed by atoms with Crippen molar-refractivity contribution in [1.82, 2.24) is 0 Å². The quantitative estimate of drug-likeness (QED) is 0.650. The molecular weight excluding hydrogens is 234 g/mol. The third-order valence-electron chi connectivity index (χ3n) is 2.55. The molecule has 2 N–H and O–H groups in total. The molecule has 0 heterocycles. The van der Waals surface area contributed by atoms with E-state index in [2.05, 4.69) is 0 Å². The smallest absolute Gasteiger partial charge is 0.194 e. The summed E-state index contributed by atoms with van der Waals surface area (Å²) in [5, 5.41) is 0.421. The van der Waals surface area contributed by atoms with Crippen LogP contribution in [0.3, 0.4) is 0 Å². The molecule has 0 aromatic heterocycles. The number of ketones is 1. The summed E-state index contributed by atoms with van der Waals surface area (Å²) in [4.78, 5) is 12.2. The fraction of sp³-hybridized carbons (Fsp3) is 0.0714. The molecule has 0 fully saturated rings. The molecule has 17 heavy (non-hydrogen) atoms. The van der Waals surface area contributed by atoms with E-state index < -0.39 is 0 Å². The number of halogens is 1. The van der Waals surface area contributed by atoms with Gasteiger partial charge in [-0.15, -0.1) is 0 Å². The number of aryl methyl sites for hydroxylation is 1. The van der Waals surface area contributed by atoms with Gasteiger partial charge in [0, 0.05) is 16.8 Å². The Bertz CT molecular complexity index is 561. The lowest BCUT2D eigenvalue weighted by molar-refractivity contribution is 0.103. The van der Waals surface area contributed by atoms with Crippen LogP contribution in [0.25, 0.3) is 0 Å². The summed E-state index contributed by atoms with van der Waals surface area (Å²) in [6.07, 6.45) is 0. The van der Waals surface area contributed by atoms with Crippen molar-refractivity contribution in [2.45, 2.75) is 6.92 Å². The summed E-state index contributed by atoms with van der Waals surface area (Å²) in [5.41, 5.74) is 8.35. The van der Waals surface area contributed by atoms with Gasteiger partial charge in [-0.25, -0.2) is 0 Å². The highest BCUT2D eigenvalue weighted by molar-refractivity contribution is 6.35. The van der Waals surface area contributed by atoms with Crippen LogP contribution in [0.5, 0.6) is 0 Å². The number of nitrogen functional groups attached to an aromatic ring is 1. The van der Waals surface area contributed by atoms with Gasteiger partial charge in [0.25, 0.3) is 0 Å². The van der Waals surface area contributed by atoms with Crippen molar-refractivity contribution in [3.63, 3.8) is 0 Å². The molecule has 2 rings (SSSR count). The van der Waals surface area contributed by atoms with E-state index in [0.29, 0.717) is 21.8 Å². The van der Waals surface area contributed by atoms with Gasteiger partial charge in [0.1, 0.15) is 0 Å². The van der Waals surface area contributed by atoms with Crippen LogP contribution in [0.15, 0.2) is 42.5 Å². The monoisotopic (exact) mass is 245 g/mol. The molecule has 86 valence electrons. The van der Waals surface area contributed by atoms with Crippen molar-refractivity contribution >= 4 is 23.1 Å². The molecule has 0 saturated heterocycles. The third-order valence-corrected chi connectivity index (χ3v) is 2.88. The number of nitrogens with two attached hydrogens (primary N) is 1. The first-order valence-electron chi connectivity index (χ1n) is 5.24. The minimum Gasteiger partial charge on any atom is -0.399 e. The number of carbonyl (C=O) groups excluding carboxylic acids is 1. The molecule has 0 aliphatic rings. The minimum atomic E-state index is -0.109. The lowest BCUT2D eigenvalue weighted by Gasteiger charge is -2.05. The number of rotatable bonds is 2. The third kappa shape index (κ3) is 2.48. The fourth-order valence-electron chi connectivity index (χ4n) is 1.58. The molecule has 2 aromatic carbocycles. The van der Waals surface area contributed by atoms with Gasteiger partial charge < -0.3 is 5.73 Å². The SMILES string of the molecule is Cc1ccc(C(=O)c2cc(N)ccc2Cl)cc1. The lowest BCUT2D eigenvalue weighted by atomic mass is 10.0. The van der Waals surface area contributed by atoms with E-state index >= 15 is 0 Å². The standard InChI is InChI=1S/C14H12ClNO/c1-9-2-4-10(5-3-9)14(17)12-8-11(16)6-7-13(12)15/h2-8H,16H2,1H3. The van der Waals surface area contributed by atoms with Gasteiger partial charge in [-0.3, -0.25) is 4.79 Å². The van der Waals surface area contributed by atoms with Gasteiger partial charge in [-0.1, -0.05) is 41.4 Å². The van der Waals surface area contributed by atoms with Crippen molar-refractivity contribution in [3.8, 4) is 0 Å². The molecule has 0 saturated carbocycles. The van der Waals surface area contributed by atoms with Crippen molar-refractivity contribution in [1.29, 1.82) is 0 Å². The Kier molecular flexibility index (Phi) is 3.16. The Morgan fingerprint density at radius 3 is 2.41 bits per heavy atom. The summed E-state index contributed by atoms with van der Waals surface area (Å²) in [5.74, 6) is -0.109. The number of hydrogen-bond donors (Lipinski definition) is 1. The summed E-state index contributed by atoms with van der Waals surface area (Å²) < 4.78 is 0. The second-order valence-electron chi connectivity index (χ2n) is 3.93. The number of benzene rings is 2. The summed E-state index contributed by atoms with van der Waals surface area (Å²) in [6, 6.07) is 12.3. The number of carbonyl (C=O) groups is 1. The summed E-state index contributed by atoms with van der Waals surface area (Å²) in [6.45, 7) is 1.97. The molecule has 0 aliphatic carbocycles. The van der Waals surface area contributed by atoms with Gasteiger partial charge in [-0.05, 0) is 25.1 Å². The highest BCUT2D eigenvalue weighted by Gasteiger charge is 2.12. The van der Waals surface area contributed by atoms with Crippen molar-refractivity contribution in [2.75, 3.05) is 5.73 Å². The van der Waals surface area contributed by atoms with Crippen LogP contribution >= 0.6 is 11.6 Å². The normalized spacial score (nSPS) is 10.2. The molecule has 0 unspecified atom stereocenters. The first kappa shape index (κ1) is 11.7. The van der Waals surface area contributed by atoms with Crippen molar-refractivity contribution in [3.05, 3.63) is 64.2 Å². The fourth-order valence-corrected chi connectivity index (χ4v) is 1.78. The molecule has 0 bridgehead atoms. The van der Waals surface area contributed by atoms with Crippen LogP contribution in [0.2, 0.25) is 5.02 Å². The van der Waals surface area contributed by atoms with Gasteiger partial charge in [0.15, 0.2) is 5.78 Å². The first-order chi connectivity index (χ1) is 8.08. The van der Waals surface area contributed by atoms with Crippen LogP contribution in [0.4, 0.5) is 5.69 Å². The molecule has 2 aromatic rings. The maximum Gasteiger partial charge on any atom is 0.194 e. The molecule has 0 spiro atoms. The van der Waals surface area contributed by atoms with Gasteiger partial charge in [0.05, 0.1) is 5.02 Å². The van der Waals surface area contributed by atoms with Gasteiger partial charge in [0.2, 0.25) is 0 Å². The molecule has 0 atom stereocenters. The van der Waals surface area contributed by atoms with E-state index in [-0.39, 0.29) is 5.78 Å². The zero-order valence-electron chi connectivity index (χ0n) is 9.41. The Morgan fingerprint density at radius 2 is 1.76 bits per heavy atom. The van der Waals surface area contributed by atoms with Crippen LogP contribution in [0, 0.1) is 6.92 Å². The Morgan fingerprint density at radius 1 is 1.12 bits per heavy atom. The predicted molar refractivity (Wildman–Crippen MR) is 70.5 cm³/mol. The van der Waals surface area contributed by atoms with E-state index in [4.69, 9.17) is 17.3 Å². The van der Waals surface area contributed by atoms with Crippen LogP contribution in [-0.2, 0) is 0 Å². The average molecular weight is 246 g/mol. The summed E-state index contributed by atoms with van der Waals surface area (Å²) in [7, 11) is 0. The van der Waals surface area contributed by atoms with E-state index in [0.717, 1.165) is 5.56 Å². The topological polar surface area (TPSA) is 43.1 Å². The highest BCUT2D eigenvalue weighted by Crippen LogP contribution is 2.22. The van der Waals surface area contributed by atoms with E-state index in [1.54, 1.807) is 30.3 Å². The van der Waals surface area contributed by atoms with Crippen molar-refractivity contribution < 1.29 is 4.79 Å². The van der Waals surface area contributed by atoms with Crippen LogP contribution in [0.1, 0.15) is 21.5 Å². The second-order valence-corrected chi connectivity index (χ2v) is 4.34. The zero-order valence-corrected chi connectivity index (χ0v) is 10.2. The first-order valence-corrected chi connectivity index (χ1v) is 5.62. The van der Waals surface area contributed by atoms with Crippen molar-refractivity contribution in [2.24, 2.45) is 0 Å².